The molecule has 0 aromatic heterocycles. The highest BCUT2D eigenvalue weighted by atomic mass is 16.5. The van der Waals surface area contributed by atoms with E-state index in [1.165, 1.54) is 0 Å². The van der Waals surface area contributed by atoms with Crippen LogP contribution in [0.4, 0.5) is 0 Å². The maximum Gasteiger partial charge on any atom is 0.343 e. The van der Waals surface area contributed by atoms with Gasteiger partial charge in [-0.2, -0.15) is 0 Å². The summed E-state index contributed by atoms with van der Waals surface area (Å²) in [6.07, 6.45) is 1.92. The summed E-state index contributed by atoms with van der Waals surface area (Å²) in [4.78, 5) is 24.0. The number of esters is 1. The second-order valence-electron chi connectivity index (χ2n) is 6.40. The molecule has 2 aromatic rings. The van der Waals surface area contributed by atoms with Gasteiger partial charge in [0.1, 0.15) is 17.3 Å². The lowest BCUT2D eigenvalue weighted by Gasteiger charge is -2.13. The number of carbonyl (C=O) groups is 2. The molecule has 2 rings (SSSR count). The van der Waals surface area contributed by atoms with Gasteiger partial charge in [-0.3, -0.25) is 10.2 Å². The van der Waals surface area contributed by atoms with Crippen LogP contribution >= 0.6 is 0 Å². The Morgan fingerprint density at radius 3 is 2.18 bits per heavy atom. The largest absolute Gasteiger partial charge is 0.484 e. The summed E-state index contributed by atoms with van der Waals surface area (Å²) in [5.74, 6) is 0.0857. The van der Waals surface area contributed by atoms with Gasteiger partial charge >= 0.3 is 5.97 Å². The molecule has 0 bridgehead atoms. The molecule has 0 fully saturated rings. The average Bonchev–Trinajstić information content (AvgIpc) is 2.67. The molecule has 1 amide bonds. The fourth-order valence-electron chi connectivity index (χ4n) is 2.53. The minimum absolute atomic E-state index is 0.0537. The van der Waals surface area contributed by atoms with Crippen molar-refractivity contribution in [1.29, 1.82) is 5.41 Å². The van der Waals surface area contributed by atoms with Gasteiger partial charge in [0.15, 0.2) is 6.61 Å². The van der Waals surface area contributed by atoms with Crippen LogP contribution in [0.15, 0.2) is 48.5 Å². The van der Waals surface area contributed by atoms with E-state index < -0.39 is 5.97 Å². The molecule has 0 saturated heterocycles. The van der Waals surface area contributed by atoms with Gasteiger partial charge in [-0.05, 0) is 61.9 Å². The molecule has 0 heterocycles. The van der Waals surface area contributed by atoms with Crippen molar-refractivity contribution in [3.8, 4) is 11.5 Å². The molecule has 0 radical (unpaired) electrons. The van der Waals surface area contributed by atoms with Crippen LogP contribution in [0.25, 0.3) is 0 Å². The molecule has 7 heteroatoms. The van der Waals surface area contributed by atoms with E-state index in [1.54, 1.807) is 48.5 Å². The Labute approximate surface area is 164 Å². The summed E-state index contributed by atoms with van der Waals surface area (Å²) in [6, 6.07) is 12.8. The van der Waals surface area contributed by atoms with Crippen molar-refractivity contribution in [3.63, 3.8) is 0 Å². The van der Waals surface area contributed by atoms with E-state index >= 15 is 0 Å². The Morgan fingerprint density at radius 2 is 1.61 bits per heavy atom. The number of benzene rings is 2. The third kappa shape index (κ3) is 6.42. The number of ether oxygens (including phenoxy) is 2. The van der Waals surface area contributed by atoms with Gasteiger partial charge in [-0.1, -0.05) is 13.3 Å². The van der Waals surface area contributed by atoms with Crippen molar-refractivity contribution >= 4 is 17.7 Å². The van der Waals surface area contributed by atoms with Gasteiger partial charge in [0.2, 0.25) is 0 Å². The summed E-state index contributed by atoms with van der Waals surface area (Å²) in [6.45, 7) is 3.93. The average molecular weight is 383 g/mol. The predicted molar refractivity (Wildman–Crippen MR) is 107 cm³/mol. The number of hydrogen-bond donors (Lipinski definition) is 3. The highest BCUT2D eigenvalue weighted by molar-refractivity contribution is 5.95. The summed E-state index contributed by atoms with van der Waals surface area (Å²) >= 11 is 0. The van der Waals surface area contributed by atoms with Crippen molar-refractivity contribution in [1.82, 2.24) is 5.32 Å². The molecular formula is C21H25N3O4. The molecule has 4 N–H and O–H groups in total. The van der Waals surface area contributed by atoms with E-state index in [1.807, 2.05) is 6.92 Å². The van der Waals surface area contributed by atoms with Gasteiger partial charge in [0.25, 0.3) is 5.91 Å². The van der Waals surface area contributed by atoms with Crippen molar-refractivity contribution in [3.05, 3.63) is 59.7 Å². The van der Waals surface area contributed by atoms with Crippen LogP contribution in [0.2, 0.25) is 0 Å². The third-order valence-electron chi connectivity index (χ3n) is 3.96. The number of hydrogen-bond acceptors (Lipinski definition) is 5. The number of nitrogens with one attached hydrogen (secondary N) is 2. The Hall–Kier alpha value is -3.35. The molecule has 0 spiro atoms. The summed E-state index contributed by atoms with van der Waals surface area (Å²) < 4.78 is 10.7. The Balaban J connectivity index is 1.86. The lowest BCUT2D eigenvalue weighted by atomic mass is 10.2. The first-order valence-electron chi connectivity index (χ1n) is 9.08. The molecule has 0 aliphatic rings. The van der Waals surface area contributed by atoms with Crippen LogP contribution < -0.4 is 20.5 Å². The lowest BCUT2D eigenvalue weighted by Crippen LogP contribution is -2.35. The summed E-state index contributed by atoms with van der Waals surface area (Å²) in [5.41, 5.74) is 6.29. The first kappa shape index (κ1) is 21.0. The minimum Gasteiger partial charge on any atom is -0.484 e. The van der Waals surface area contributed by atoms with Crippen molar-refractivity contribution < 1.29 is 19.1 Å². The first-order chi connectivity index (χ1) is 13.4. The number of nitrogen functional groups attached to an aromatic ring is 1. The normalized spacial score (nSPS) is 11.4. The highest BCUT2D eigenvalue weighted by Crippen LogP contribution is 2.16. The molecule has 0 saturated carbocycles. The van der Waals surface area contributed by atoms with Crippen LogP contribution in [-0.2, 0) is 4.79 Å². The summed E-state index contributed by atoms with van der Waals surface area (Å²) in [5, 5.41) is 10.2. The highest BCUT2D eigenvalue weighted by Gasteiger charge is 2.11. The first-order valence-corrected chi connectivity index (χ1v) is 9.08. The van der Waals surface area contributed by atoms with Crippen LogP contribution in [0.3, 0.4) is 0 Å². The van der Waals surface area contributed by atoms with E-state index in [2.05, 4.69) is 12.2 Å². The number of carbonyl (C=O) groups excluding carboxylic acids is 2. The molecule has 7 nitrogen and oxygen atoms in total. The predicted octanol–water partition coefficient (Wildman–Crippen LogP) is 2.87. The minimum atomic E-state index is -0.520. The van der Waals surface area contributed by atoms with Gasteiger partial charge < -0.3 is 20.5 Å². The molecular weight excluding hydrogens is 358 g/mol. The molecule has 2 aromatic carbocycles. The maximum atomic E-state index is 12.2. The molecule has 1 unspecified atom stereocenters. The third-order valence-corrected chi connectivity index (χ3v) is 3.96. The number of rotatable bonds is 9. The zero-order chi connectivity index (χ0) is 20.5. The van der Waals surface area contributed by atoms with Crippen LogP contribution in [0.1, 0.15) is 42.6 Å². The van der Waals surface area contributed by atoms with Crippen LogP contribution in [0, 0.1) is 5.41 Å². The summed E-state index contributed by atoms with van der Waals surface area (Å²) in [7, 11) is 0. The van der Waals surface area contributed by atoms with Crippen LogP contribution in [-0.4, -0.2) is 30.4 Å². The number of amides is 1. The molecule has 148 valence electrons. The van der Waals surface area contributed by atoms with E-state index in [-0.39, 0.29) is 24.4 Å². The van der Waals surface area contributed by atoms with Crippen molar-refractivity contribution in [2.75, 3.05) is 6.61 Å². The van der Waals surface area contributed by atoms with Gasteiger partial charge in [-0.15, -0.1) is 0 Å². The second kappa shape index (κ2) is 10.1. The number of nitrogens with two attached hydrogens (primary N) is 1. The van der Waals surface area contributed by atoms with Crippen LogP contribution in [0.5, 0.6) is 11.5 Å². The van der Waals surface area contributed by atoms with Gasteiger partial charge in [0.05, 0.1) is 5.56 Å². The van der Waals surface area contributed by atoms with E-state index in [0.717, 1.165) is 12.8 Å². The standard InChI is InChI=1S/C21H25N3O4/c1-3-4-14(2)24-19(25)13-27-17-9-7-16(8-10-17)21(26)28-18-11-5-15(6-12-18)20(22)23/h5-12,14H,3-4,13H2,1-2H3,(H3,22,23)(H,24,25). The molecule has 0 aliphatic carbocycles. The number of amidine groups is 1. The van der Waals surface area contributed by atoms with E-state index in [0.29, 0.717) is 22.6 Å². The topological polar surface area (TPSA) is 114 Å². The maximum absolute atomic E-state index is 12.2. The smallest absolute Gasteiger partial charge is 0.343 e. The lowest BCUT2D eigenvalue weighted by molar-refractivity contribution is -0.123. The quantitative estimate of drug-likeness (QED) is 0.267. The fourth-order valence-corrected chi connectivity index (χ4v) is 2.53. The monoisotopic (exact) mass is 383 g/mol. The van der Waals surface area contributed by atoms with E-state index in [9.17, 15) is 9.59 Å². The second-order valence-corrected chi connectivity index (χ2v) is 6.40. The zero-order valence-electron chi connectivity index (χ0n) is 16.0. The van der Waals surface area contributed by atoms with E-state index in [4.69, 9.17) is 20.6 Å². The fraction of sp³-hybridized carbons (Fsp3) is 0.286. The zero-order valence-corrected chi connectivity index (χ0v) is 16.0. The van der Waals surface area contributed by atoms with Gasteiger partial charge in [0, 0.05) is 11.6 Å². The Bertz CT molecular complexity index is 817. The SMILES string of the molecule is CCCC(C)NC(=O)COc1ccc(C(=O)Oc2ccc(C(=N)N)cc2)cc1. The Morgan fingerprint density at radius 1 is 1.04 bits per heavy atom. The van der Waals surface area contributed by atoms with Gasteiger partial charge in [-0.25, -0.2) is 4.79 Å². The van der Waals surface area contributed by atoms with Crippen molar-refractivity contribution in [2.24, 2.45) is 5.73 Å². The van der Waals surface area contributed by atoms with Crippen molar-refractivity contribution in [2.45, 2.75) is 32.7 Å². The molecule has 28 heavy (non-hydrogen) atoms. The molecule has 0 aliphatic heterocycles. The Kier molecular flexibility index (Phi) is 7.56. The molecule has 1 atom stereocenters.